The third-order valence-electron chi connectivity index (χ3n) is 2.48. The molecule has 0 saturated heterocycles. The van der Waals surface area contributed by atoms with Crippen molar-refractivity contribution >= 4 is 12.1 Å². The number of ether oxygens (including phenoxy) is 1. The molecule has 0 heterocycles. The van der Waals surface area contributed by atoms with Crippen molar-refractivity contribution in [3.63, 3.8) is 0 Å². The maximum atomic E-state index is 11.5. The molecule has 0 spiro atoms. The Labute approximate surface area is 117 Å². The molecule has 0 bridgehead atoms. The topological polar surface area (TPSA) is 71.1 Å². The molecule has 1 aromatic rings. The molecule has 1 rings (SSSR count). The first kappa shape index (κ1) is 16.0. The molecular weight excluding hydrogens is 264 g/mol. The van der Waals surface area contributed by atoms with E-state index in [-0.39, 0.29) is 6.61 Å². The van der Waals surface area contributed by atoms with Crippen LogP contribution in [0.5, 0.6) is 0 Å². The molecular formula is C14H18O6. The molecule has 0 aromatic heterocycles. The van der Waals surface area contributed by atoms with E-state index < -0.39 is 12.1 Å². The summed E-state index contributed by atoms with van der Waals surface area (Å²) in [7, 11) is 0. The van der Waals surface area contributed by atoms with Gasteiger partial charge in [-0.05, 0) is 37.5 Å². The lowest BCUT2D eigenvalue weighted by Crippen LogP contribution is -2.12. The van der Waals surface area contributed by atoms with E-state index in [0.717, 1.165) is 24.8 Å². The molecule has 6 heteroatoms. The smallest absolute Gasteiger partial charge is 0.433 e. The highest BCUT2D eigenvalue weighted by molar-refractivity contribution is 5.88. The van der Waals surface area contributed by atoms with Gasteiger partial charge in [-0.3, -0.25) is 4.89 Å². The molecule has 0 fully saturated rings. The van der Waals surface area contributed by atoms with Gasteiger partial charge in [-0.25, -0.2) is 14.5 Å². The zero-order chi connectivity index (χ0) is 14.8. The van der Waals surface area contributed by atoms with Gasteiger partial charge >= 0.3 is 12.1 Å². The number of benzene rings is 1. The lowest BCUT2D eigenvalue weighted by atomic mass is 10.1. The highest BCUT2D eigenvalue weighted by Crippen LogP contribution is 2.09. The van der Waals surface area contributed by atoms with Gasteiger partial charge in [0, 0.05) is 0 Å². The van der Waals surface area contributed by atoms with Crippen LogP contribution in [0.4, 0.5) is 4.79 Å². The van der Waals surface area contributed by atoms with Gasteiger partial charge in [0.05, 0.1) is 17.2 Å². The quantitative estimate of drug-likeness (QED) is 0.434. The molecule has 0 amide bonds. The Morgan fingerprint density at radius 3 is 2.35 bits per heavy atom. The third-order valence-corrected chi connectivity index (χ3v) is 2.48. The second kappa shape index (κ2) is 8.92. The van der Waals surface area contributed by atoms with Gasteiger partial charge in [-0.15, -0.1) is 0 Å². The normalized spacial score (nSPS) is 9.90. The van der Waals surface area contributed by atoms with Crippen LogP contribution in [0.1, 0.15) is 42.6 Å². The average Bonchev–Trinajstić information content (AvgIpc) is 2.46. The van der Waals surface area contributed by atoms with Crippen molar-refractivity contribution in [1.29, 1.82) is 0 Å². The van der Waals surface area contributed by atoms with Crippen LogP contribution >= 0.6 is 0 Å². The van der Waals surface area contributed by atoms with Crippen LogP contribution in [-0.2, 0) is 26.0 Å². The summed E-state index contributed by atoms with van der Waals surface area (Å²) in [4.78, 5) is 30.6. The van der Waals surface area contributed by atoms with Crippen LogP contribution in [0.3, 0.4) is 0 Å². The van der Waals surface area contributed by atoms with Gasteiger partial charge in [0.2, 0.25) is 0 Å². The van der Waals surface area contributed by atoms with Crippen LogP contribution in [0.2, 0.25) is 0 Å². The van der Waals surface area contributed by atoms with Crippen LogP contribution in [0.15, 0.2) is 24.3 Å². The second-order valence-corrected chi connectivity index (χ2v) is 4.01. The summed E-state index contributed by atoms with van der Waals surface area (Å²) in [6.45, 7) is 3.86. The Kier molecular flexibility index (Phi) is 7.13. The standard InChI is InChI=1S/C14H18O6/c1-3-5-6-11-7-9-12(10-8-11)13(15)18-20-19-14(16)17-4-2/h7-10H,3-6H2,1-2H3. The largest absolute Gasteiger partial charge is 0.543 e. The highest BCUT2D eigenvalue weighted by Gasteiger charge is 2.11. The van der Waals surface area contributed by atoms with Crippen molar-refractivity contribution in [3.05, 3.63) is 35.4 Å². The van der Waals surface area contributed by atoms with E-state index in [1.807, 2.05) is 12.1 Å². The van der Waals surface area contributed by atoms with E-state index in [1.165, 1.54) is 0 Å². The minimum Gasteiger partial charge on any atom is -0.433 e. The Bertz CT molecular complexity index is 426. The molecule has 0 N–H and O–H groups in total. The van der Waals surface area contributed by atoms with Gasteiger partial charge in [0.15, 0.2) is 0 Å². The maximum absolute atomic E-state index is 11.5. The van der Waals surface area contributed by atoms with E-state index in [4.69, 9.17) is 0 Å². The molecule has 0 aliphatic heterocycles. The van der Waals surface area contributed by atoms with Crippen molar-refractivity contribution in [3.8, 4) is 0 Å². The van der Waals surface area contributed by atoms with Crippen molar-refractivity contribution in [2.45, 2.75) is 33.1 Å². The van der Waals surface area contributed by atoms with E-state index in [9.17, 15) is 9.59 Å². The minimum absolute atomic E-state index is 0.134. The second-order valence-electron chi connectivity index (χ2n) is 4.01. The lowest BCUT2D eigenvalue weighted by Gasteiger charge is -2.03. The van der Waals surface area contributed by atoms with Crippen molar-refractivity contribution in [1.82, 2.24) is 0 Å². The van der Waals surface area contributed by atoms with Crippen molar-refractivity contribution in [2.75, 3.05) is 6.61 Å². The Morgan fingerprint density at radius 2 is 1.75 bits per heavy atom. The molecule has 0 aliphatic rings. The van der Waals surface area contributed by atoms with E-state index in [1.54, 1.807) is 19.1 Å². The van der Waals surface area contributed by atoms with Gasteiger partial charge < -0.3 is 4.74 Å². The fraction of sp³-hybridized carbons (Fsp3) is 0.429. The summed E-state index contributed by atoms with van der Waals surface area (Å²) in [5.74, 6) is -0.753. The summed E-state index contributed by atoms with van der Waals surface area (Å²) < 4.78 is 4.41. The van der Waals surface area contributed by atoms with Crippen LogP contribution in [-0.4, -0.2) is 18.7 Å². The lowest BCUT2D eigenvalue weighted by molar-refractivity contribution is -0.452. The molecule has 0 unspecified atom stereocenters. The fourth-order valence-corrected chi connectivity index (χ4v) is 1.45. The number of rotatable bonds is 7. The predicted octanol–water partition coefficient (Wildman–Crippen LogP) is 3.21. The summed E-state index contributed by atoms with van der Waals surface area (Å²) in [6.07, 6.45) is 2.10. The summed E-state index contributed by atoms with van der Waals surface area (Å²) in [5, 5.41) is 4.04. The number of carbonyl (C=O) groups is 2. The van der Waals surface area contributed by atoms with Crippen molar-refractivity contribution < 1.29 is 29.1 Å². The predicted molar refractivity (Wildman–Crippen MR) is 69.7 cm³/mol. The Morgan fingerprint density at radius 1 is 1.05 bits per heavy atom. The number of hydrogen-bond acceptors (Lipinski definition) is 6. The van der Waals surface area contributed by atoms with Crippen LogP contribution < -0.4 is 0 Å². The van der Waals surface area contributed by atoms with Gasteiger partial charge in [-0.1, -0.05) is 25.5 Å². The van der Waals surface area contributed by atoms with Gasteiger partial charge in [-0.2, -0.15) is 0 Å². The molecule has 20 heavy (non-hydrogen) atoms. The molecule has 0 radical (unpaired) electrons. The number of hydrogen-bond donors (Lipinski definition) is 0. The molecule has 6 nitrogen and oxygen atoms in total. The molecule has 110 valence electrons. The SMILES string of the molecule is CCCCc1ccc(C(=O)OOOC(=O)OCC)cc1. The summed E-state index contributed by atoms with van der Waals surface area (Å²) in [6, 6.07) is 6.94. The van der Waals surface area contributed by atoms with E-state index in [0.29, 0.717) is 5.56 Å². The van der Waals surface area contributed by atoms with Crippen molar-refractivity contribution in [2.24, 2.45) is 0 Å². The number of unbranched alkanes of at least 4 members (excludes halogenated alkanes) is 1. The van der Waals surface area contributed by atoms with Gasteiger partial charge in [0.1, 0.15) is 0 Å². The first-order valence-corrected chi connectivity index (χ1v) is 6.48. The van der Waals surface area contributed by atoms with E-state index >= 15 is 0 Å². The molecule has 1 aromatic carbocycles. The first-order chi connectivity index (χ1) is 9.67. The first-order valence-electron chi connectivity index (χ1n) is 6.48. The summed E-state index contributed by atoms with van der Waals surface area (Å²) >= 11 is 0. The molecule has 0 atom stereocenters. The average molecular weight is 282 g/mol. The van der Waals surface area contributed by atoms with Crippen LogP contribution in [0, 0.1) is 0 Å². The third kappa shape index (κ3) is 5.71. The Hall–Kier alpha value is -2.08. The zero-order valence-corrected chi connectivity index (χ0v) is 11.6. The molecule has 0 aliphatic carbocycles. The Balaban J connectivity index is 2.37. The number of aryl methyl sites for hydroxylation is 1. The fourth-order valence-electron chi connectivity index (χ4n) is 1.45. The number of carbonyl (C=O) groups excluding carboxylic acids is 2. The van der Waals surface area contributed by atoms with E-state index in [2.05, 4.69) is 26.5 Å². The minimum atomic E-state index is -1.07. The van der Waals surface area contributed by atoms with Gasteiger partial charge in [0.25, 0.3) is 0 Å². The molecule has 0 saturated carbocycles. The summed E-state index contributed by atoms with van der Waals surface area (Å²) in [5.41, 5.74) is 1.45. The zero-order valence-electron chi connectivity index (χ0n) is 11.6. The highest BCUT2D eigenvalue weighted by atomic mass is 17.5. The van der Waals surface area contributed by atoms with Crippen LogP contribution in [0.25, 0.3) is 0 Å². The maximum Gasteiger partial charge on any atom is 0.543 e. The monoisotopic (exact) mass is 282 g/mol.